The molecule has 1 aromatic heterocycles. The lowest BCUT2D eigenvalue weighted by atomic mass is 10.0. The third-order valence-electron chi connectivity index (χ3n) is 6.69. The summed E-state index contributed by atoms with van der Waals surface area (Å²) in [6.07, 6.45) is 33.0. The van der Waals surface area contributed by atoms with Gasteiger partial charge >= 0.3 is 0 Å². The highest BCUT2D eigenvalue weighted by Gasteiger charge is 2.14. The first-order chi connectivity index (χ1) is 14.8. The first kappa shape index (κ1) is 27.2. The van der Waals surface area contributed by atoms with Crippen LogP contribution in [0.5, 0.6) is 0 Å². The quantitative estimate of drug-likeness (QED) is 0.131. The van der Waals surface area contributed by atoms with Crippen molar-refractivity contribution in [3.63, 3.8) is 0 Å². The fourth-order valence-corrected chi connectivity index (χ4v) is 4.61. The molecule has 2 heteroatoms. The molecule has 0 aromatic carbocycles. The highest BCUT2D eigenvalue weighted by atomic mass is 15.1. The average Bonchev–Trinajstić information content (AvgIpc) is 3.16. The Kier molecular flexibility index (Phi) is 18.3. The van der Waals surface area contributed by atoms with Crippen LogP contribution in [-0.2, 0) is 19.5 Å². The highest BCUT2D eigenvalue weighted by molar-refractivity contribution is 4.83. The minimum Gasteiger partial charge on any atom is -0.235 e. The van der Waals surface area contributed by atoms with Crippen LogP contribution in [-0.4, -0.2) is 4.57 Å². The SMILES string of the molecule is CCCCCCCCCCCCCCCCCCCc1n(CC)cc[n+]1CCCC. The Hall–Kier alpha value is -0.790. The van der Waals surface area contributed by atoms with Crippen LogP contribution in [0.2, 0.25) is 0 Å². The van der Waals surface area contributed by atoms with Gasteiger partial charge < -0.3 is 0 Å². The molecule has 0 amide bonds. The van der Waals surface area contributed by atoms with Crippen molar-refractivity contribution in [2.45, 2.75) is 162 Å². The van der Waals surface area contributed by atoms with Crippen molar-refractivity contribution in [2.24, 2.45) is 0 Å². The lowest BCUT2D eigenvalue weighted by molar-refractivity contribution is -0.704. The Labute approximate surface area is 189 Å². The summed E-state index contributed by atoms with van der Waals surface area (Å²) in [6, 6.07) is 0. The molecule has 0 saturated heterocycles. The third-order valence-corrected chi connectivity index (χ3v) is 6.69. The van der Waals surface area contributed by atoms with Crippen LogP contribution < -0.4 is 4.57 Å². The molecule has 0 radical (unpaired) electrons. The van der Waals surface area contributed by atoms with E-state index in [0.29, 0.717) is 0 Å². The zero-order chi connectivity index (χ0) is 21.7. The van der Waals surface area contributed by atoms with Crippen molar-refractivity contribution in [1.82, 2.24) is 4.57 Å². The van der Waals surface area contributed by atoms with Crippen molar-refractivity contribution >= 4 is 0 Å². The molecule has 0 fully saturated rings. The van der Waals surface area contributed by atoms with Crippen molar-refractivity contribution < 1.29 is 4.57 Å². The maximum absolute atomic E-state index is 2.50. The average molecular weight is 420 g/mol. The number of aromatic nitrogens is 2. The second kappa shape index (κ2) is 20.1. The summed E-state index contributed by atoms with van der Waals surface area (Å²) >= 11 is 0. The van der Waals surface area contributed by atoms with Crippen molar-refractivity contribution in [1.29, 1.82) is 0 Å². The number of rotatable bonds is 22. The standard InChI is InChI=1S/C28H55N2/c1-4-7-9-10-11-12-13-14-15-16-17-18-19-20-21-22-23-24-28-29(6-3)26-27-30(28)25-8-5-2/h26-27H,4-25H2,1-3H3/q+1. The van der Waals surface area contributed by atoms with E-state index in [9.17, 15) is 0 Å². The molecule has 0 saturated carbocycles. The smallest absolute Gasteiger partial charge is 0.235 e. The summed E-state index contributed by atoms with van der Waals surface area (Å²) < 4.78 is 4.95. The fourth-order valence-electron chi connectivity index (χ4n) is 4.61. The molecular weight excluding hydrogens is 364 g/mol. The maximum Gasteiger partial charge on any atom is 0.256 e. The number of imidazole rings is 1. The monoisotopic (exact) mass is 419 g/mol. The molecule has 1 rings (SSSR count). The number of hydrogen-bond acceptors (Lipinski definition) is 0. The zero-order valence-electron chi connectivity index (χ0n) is 21.1. The van der Waals surface area contributed by atoms with Gasteiger partial charge in [-0.05, 0) is 19.8 Å². The molecule has 0 aliphatic carbocycles. The van der Waals surface area contributed by atoms with Gasteiger partial charge in [0, 0.05) is 6.42 Å². The van der Waals surface area contributed by atoms with E-state index in [1.165, 1.54) is 135 Å². The van der Waals surface area contributed by atoms with Crippen LogP contribution in [0, 0.1) is 0 Å². The molecule has 1 heterocycles. The van der Waals surface area contributed by atoms with Crippen molar-refractivity contribution in [3.8, 4) is 0 Å². The summed E-state index contributed by atoms with van der Waals surface area (Å²) in [7, 11) is 0. The Morgan fingerprint density at radius 2 is 1.00 bits per heavy atom. The second-order valence-electron chi connectivity index (χ2n) is 9.45. The van der Waals surface area contributed by atoms with E-state index in [1.54, 1.807) is 5.82 Å². The Balaban J connectivity index is 1.90. The van der Waals surface area contributed by atoms with E-state index in [-0.39, 0.29) is 0 Å². The summed E-state index contributed by atoms with van der Waals surface area (Å²) in [5.74, 6) is 1.55. The van der Waals surface area contributed by atoms with Gasteiger partial charge in [0.25, 0.3) is 5.82 Å². The molecule has 0 aliphatic heterocycles. The first-order valence-corrected chi connectivity index (χ1v) is 13.9. The predicted molar refractivity (Wildman–Crippen MR) is 133 cm³/mol. The molecule has 0 N–H and O–H groups in total. The van der Waals surface area contributed by atoms with Gasteiger partial charge in [-0.2, -0.15) is 0 Å². The van der Waals surface area contributed by atoms with Gasteiger partial charge in [-0.15, -0.1) is 0 Å². The molecular formula is C28H55N2+. The largest absolute Gasteiger partial charge is 0.256 e. The number of nitrogens with zero attached hydrogens (tertiary/aromatic N) is 2. The van der Waals surface area contributed by atoms with Crippen LogP contribution >= 0.6 is 0 Å². The van der Waals surface area contributed by atoms with E-state index in [2.05, 4.69) is 42.3 Å². The Bertz CT molecular complexity index is 477. The number of aryl methyl sites for hydroxylation is 2. The molecule has 2 nitrogen and oxygen atoms in total. The molecule has 0 aliphatic rings. The van der Waals surface area contributed by atoms with Crippen LogP contribution in [0.1, 0.15) is 149 Å². The second-order valence-corrected chi connectivity index (χ2v) is 9.45. The minimum atomic E-state index is 1.10. The lowest BCUT2D eigenvalue weighted by Gasteiger charge is -2.05. The molecule has 0 bridgehead atoms. The molecule has 0 spiro atoms. The van der Waals surface area contributed by atoms with Crippen LogP contribution in [0.15, 0.2) is 12.4 Å². The molecule has 0 atom stereocenters. The summed E-state index contributed by atoms with van der Waals surface area (Å²) in [6.45, 7) is 9.15. The Morgan fingerprint density at radius 3 is 1.43 bits per heavy atom. The van der Waals surface area contributed by atoms with Gasteiger partial charge in [-0.25, -0.2) is 9.13 Å². The van der Waals surface area contributed by atoms with Gasteiger partial charge in [0.05, 0.1) is 13.1 Å². The maximum atomic E-state index is 2.50. The van der Waals surface area contributed by atoms with Crippen LogP contribution in [0.25, 0.3) is 0 Å². The molecule has 176 valence electrons. The number of hydrogen-bond donors (Lipinski definition) is 0. The molecule has 1 aromatic rings. The molecule has 30 heavy (non-hydrogen) atoms. The van der Waals surface area contributed by atoms with Crippen molar-refractivity contribution in [3.05, 3.63) is 18.2 Å². The van der Waals surface area contributed by atoms with E-state index in [4.69, 9.17) is 0 Å². The zero-order valence-corrected chi connectivity index (χ0v) is 21.1. The van der Waals surface area contributed by atoms with Crippen molar-refractivity contribution in [2.75, 3.05) is 0 Å². The fraction of sp³-hybridized carbons (Fsp3) is 0.893. The van der Waals surface area contributed by atoms with E-state index < -0.39 is 0 Å². The minimum absolute atomic E-state index is 1.10. The lowest BCUT2D eigenvalue weighted by Crippen LogP contribution is -2.37. The first-order valence-electron chi connectivity index (χ1n) is 13.9. The predicted octanol–water partition coefficient (Wildman–Crippen LogP) is 8.79. The normalized spacial score (nSPS) is 11.4. The van der Waals surface area contributed by atoms with E-state index in [1.807, 2.05) is 0 Å². The summed E-state index contributed by atoms with van der Waals surface area (Å²) in [5.41, 5.74) is 0. The van der Waals surface area contributed by atoms with Gasteiger partial charge in [0.1, 0.15) is 12.4 Å². The van der Waals surface area contributed by atoms with Gasteiger partial charge in [-0.1, -0.05) is 123 Å². The van der Waals surface area contributed by atoms with Gasteiger partial charge in [0.15, 0.2) is 0 Å². The van der Waals surface area contributed by atoms with E-state index in [0.717, 1.165) is 6.54 Å². The summed E-state index contributed by atoms with van der Waals surface area (Å²) in [4.78, 5) is 0. The van der Waals surface area contributed by atoms with Crippen LogP contribution in [0.3, 0.4) is 0 Å². The van der Waals surface area contributed by atoms with Crippen LogP contribution in [0.4, 0.5) is 0 Å². The van der Waals surface area contributed by atoms with E-state index >= 15 is 0 Å². The van der Waals surface area contributed by atoms with Gasteiger partial charge in [0.2, 0.25) is 0 Å². The number of unbranched alkanes of at least 4 members (excludes halogenated alkanes) is 17. The topological polar surface area (TPSA) is 8.81 Å². The summed E-state index contributed by atoms with van der Waals surface area (Å²) in [5, 5.41) is 0. The highest BCUT2D eigenvalue weighted by Crippen LogP contribution is 2.14. The molecule has 0 unspecified atom stereocenters. The Morgan fingerprint density at radius 1 is 0.567 bits per heavy atom. The van der Waals surface area contributed by atoms with Gasteiger partial charge in [-0.3, -0.25) is 0 Å². The third kappa shape index (κ3) is 13.5.